The van der Waals surface area contributed by atoms with E-state index in [0.29, 0.717) is 4.90 Å². The summed E-state index contributed by atoms with van der Waals surface area (Å²) in [4.78, 5) is 11.8. The SMILES string of the molecule is CCC(C)Sc1cc(C(=O)OC)c(N)cc1F. The summed E-state index contributed by atoms with van der Waals surface area (Å²) < 4.78 is 18.2. The first kappa shape index (κ1) is 13.8. The second kappa shape index (κ2) is 5.91. The molecule has 0 radical (unpaired) electrons. The number of hydrogen-bond acceptors (Lipinski definition) is 4. The molecule has 0 bridgehead atoms. The van der Waals surface area contributed by atoms with Gasteiger partial charge in [0.25, 0.3) is 0 Å². The highest BCUT2D eigenvalue weighted by Gasteiger charge is 2.16. The number of rotatable bonds is 4. The van der Waals surface area contributed by atoms with Crippen molar-refractivity contribution >= 4 is 23.4 Å². The van der Waals surface area contributed by atoms with E-state index in [4.69, 9.17) is 5.73 Å². The highest BCUT2D eigenvalue weighted by molar-refractivity contribution is 8.00. The van der Waals surface area contributed by atoms with E-state index < -0.39 is 11.8 Å². The van der Waals surface area contributed by atoms with Gasteiger partial charge in [-0.1, -0.05) is 13.8 Å². The second-order valence-corrected chi connectivity index (χ2v) is 5.18. The number of hydrogen-bond donors (Lipinski definition) is 1. The summed E-state index contributed by atoms with van der Waals surface area (Å²) in [6, 6.07) is 2.62. The predicted octanol–water partition coefficient (Wildman–Crippen LogP) is 3.09. The average molecular weight is 257 g/mol. The van der Waals surface area contributed by atoms with E-state index in [9.17, 15) is 9.18 Å². The fraction of sp³-hybridized carbons (Fsp3) is 0.417. The van der Waals surface area contributed by atoms with Crippen molar-refractivity contribution in [1.82, 2.24) is 0 Å². The molecular formula is C12H16FNO2S. The Morgan fingerprint density at radius 2 is 2.24 bits per heavy atom. The number of methoxy groups -OCH3 is 1. The Bertz CT molecular complexity index is 423. The van der Waals surface area contributed by atoms with Crippen LogP contribution in [-0.2, 0) is 4.74 Å². The normalized spacial score (nSPS) is 12.2. The van der Waals surface area contributed by atoms with Gasteiger partial charge in [0.1, 0.15) is 5.82 Å². The minimum atomic E-state index is -0.548. The molecule has 2 N–H and O–H groups in total. The number of halogens is 1. The molecule has 0 fully saturated rings. The van der Waals surface area contributed by atoms with Gasteiger partial charge in [-0.2, -0.15) is 0 Å². The van der Waals surface area contributed by atoms with Gasteiger partial charge < -0.3 is 10.5 Å². The lowest BCUT2D eigenvalue weighted by atomic mass is 10.2. The van der Waals surface area contributed by atoms with Crippen LogP contribution in [0.25, 0.3) is 0 Å². The van der Waals surface area contributed by atoms with E-state index in [1.807, 2.05) is 13.8 Å². The zero-order valence-electron chi connectivity index (χ0n) is 10.1. The summed E-state index contributed by atoms with van der Waals surface area (Å²) in [5.74, 6) is -0.950. The summed E-state index contributed by atoms with van der Waals surface area (Å²) in [5, 5.41) is 0.277. The predicted molar refractivity (Wildman–Crippen MR) is 67.8 cm³/mol. The molecule has 94 valence electrons. The summed E-state index contributed by atoms with van der Waals surface area (Å²) in [6.07, 6.45) is 0.919. The Morgan fingerprint density at radius 1 is 1.59 bits per heavy atom. The zero-order valence-corrected chi connectivity index (χ0v) is 10.9. The molecule has 3 nitrogen and oxygen atoms in total. The standard InChI is InChI=1S/C12H16FNO2S/c1-4-7(2)17-11-5-8(12(15)16-3)10(14)6-9(11)13/h5-7H,4,14H2,1-3H3. The van der Waals surface area contributed by atoms with Crippen LogP contribution in [0.4, 0.5) is 10.1 Å². The highest BCUT2D eigenvalue weighted by atomic mass is 32.2. The summed E-state index contributed by atoms with van der Waals surface area (Å²) in [5.41, 5.74) is 5.89. The molecule has 1 unspecified atom stereocenters. The Balaban J connectivity index is 3.10. The molecule has 0 aliphatic heterocycles. The smallest absolute Gasteiger partial charge is 0.339 e. The quantitative estimate of drug-likeness (QED) is 0.511. The van der Waals surface area contributed by atoms with Crippen molar-refractivity contribution in [3.8, 4) is 0 Å². The number of anilines is 1. The maximum atomic E-state index is 13.6. The van der Waals surface area contributed by atoms with Crippen LogP contribution in [0.2, 0.25) is 0 Å². The topological polar surface area (TPSA) is 52.3 Å². The highest BCUT2D eigenvalue weighted by Crippen LogP contribution is 2.31. The van der Waals surface area contributed by atoms with E-state index in [-0.39, 0.29) is 16.5 Å². The van der Waals surface area contributed by atoms with Crippen LogP contribution >= 0.6 is 11.8 Å². The summed E-state index contributed by atoms with van der Waals surface area (Å²) in [7, 11) is 1.27. The largest absolute Gasteiger partial charge is 0.465 e. The molecule has 0 aliphatic carbocycles. The monoisotopic (exact) mass is 257 g/mol. The lowest BCUT2D eigenvalue weighted by Crippen LogP contribution is -2.07. The summed E-state index contributed by atoms with van der Waals surface area (Å²) in [6.45, 7) is 4.02. The van der Waals surface area contributed by atoms with E-state index in [1.165, 1.54) is 24.9 Å². The van der Waals surface area contributed by atoms with Gasteiger partial charge in [0, 0.05) is 15.8 Å². The molecule has 0 heterocycles. The van der Waals surface area contributed by atoms with Crippen molar-refractivity contribution in [2.24, 2.45) is 0 Å². The molecule has 1 atom stereocenters. The number of nitrogen functional groups attached to an aromatic ring is 1. The van der Waals surface area contributed by atoms with E-state index in [0.717, 1.165) is 12.5 Å². The van der Waals surface area contributed by atoms with Crippen molar-refractivity contribution in [2.45, 2.75) is 30.4 Å². The number of thioether (sulfide) groups is 1. The Kier molecular flexibility index (Phi) is 4.81. The molecule has 0 spiro atoms. The number of esters is 1. The van der Waals surface area contributed by atoms with Gasteiger partial charge >= 0.3 is 5.97 Å². The van der Waals surface area contributed by atoms with Gasteiger partial charge in [-0.25, -0.2) is 9.18 Å². The molecule has 1 rings (SSSR count). The third-order valence-corrected chi connectivity index (χ3v) is 3.71. The van der Waals surface area contributed by atoms with E-state index in [2.05, 4.69) is 4.74 Å². The van der Waals surface area contributed by atoms with Gasteiger partial charge in [0.15, 0.2) is 0 Å². The Hall–Kier alpha value is -1.23. The third-order valence-electron chi connectivity index (χ3n) is 2.41. The van der Waals surface area contributed by atoms with Crippen molar-refractivity contribution in [1.29, 1.82) is 0 Å². The fourth-order valence-corrected chi connectivity index (χ4v) is 2.20. The Labute approximate surface area is 105 Å². The first-order valence-corrected chi connectivity index (χ1v) is 6.21. The van der Waals surface area contributed by atoms with E-state index >= 15 is 0 Å². The van der Waals surface area contributed by atoms with Gasteiger partial charge in [0.05, 0.1) is 12.7 Å². The molecule has 5 heteroatoms. The molecule has 0 amide bonds. The maximum absolute atomic E-state index is 13.6. The van der Waals surface area contributed by atoms with Gasteiger partial charge in [-0.15, -0.1) is 11.8 Å². The number of carbonyl (C=O) groups excluding carboxylic acids is 1. The molecule has 0 aromatic heterocycles. The molecular weight excluding hydrogens is 241 g/mol. The van der Waals surface area contributed by atoms with Crippen molar-refractivity contribution < 1.29 is 13.9 Å². The summed E-state index contributed by atoms with van der Waals surface area (Å²) >= 11 is 1.38. The van der Waals surface area contributed by atoms with Crippen molar-refractivity contribution in [3.63, 3.8) is 0 Å². The van der Waals surface area contributed by atoms with Crippen molar-refractivity contribution in [3.05, 3.63) is 23.5 Å². The molecule has 0 saturated carbocycles. The van der Waals surface area contributed by atoms with Crippen LogP contribution in [-0.4, -0.2) is 18.3 Å². The lowest BCUT2D eigenvalue weighted by Gasteiger charge is -2.11. The molecule has 0 saturated heterocycles. The first-order chi connectivity index (χ1) is 7.99. The van der Waals surface area contributed by atoms with Gasteiger partial charge in [-0.05, 0) is 18.6 Å². The van der Waals surface area contributed by atoms with E-state index in [1.54, 1.807) is 0 Å². The fourth-order valence-electron chi connectivity index (χ4n) is 1.25. The maximum Gasteiger partial charge on any atom is 0.339 e. The van der Waals surface area contributed by atoms with Crippen LogP contribution in [0.3, 0.4) is 0 Å². The second-order valence-electron chi connectivity index (χ2n) is 3.70. The van der Waals surface area contributed by atoms with Crippen LogP contribution in [0, 0.1) is 5.82 Å². The van der Waals surface area contributed by atoms with Crippen LogP contribution in [0.1, 0.15) is 30.6 Å². The molecule has 1 aromatic rings. The average Bonchev–Trinajstić information content (AvgIpc) is 2.31. The lowest BCUT2D eigenvalue weighted by molar-refractivity contribution is 0.0601. The molecule has 0 aliphatic rings. The minimum absolute atomic E-state index is 0.0999. The zero-order chi connectivity index (χ0) is 13.0. The Morgan fingerprint density at radius 3 is 2.76 bits per heavy atom. The van der Waals surface area contributed by atoms with Crippen molar-refractivity contribution in [2.75, 3.05) is 12.8 Å². The van der Waals surface area contributed by atoms with Crippen LogP contribution in [0.5, 0.6) is 0 Å². The minimum Gasteiger partial charge on any atom is -0.465 e. The van der Waals surface area contributed by atoms with Gasteiger partial charge in [-0.3, -0.25) is 0 Å². The van der Waals surface area contributed by atoms with Gasteiger partial charge in [0.2, 0.25) is 0 Å². The molecule has 1 aromatic carbocycles. The number of ether oxygens (including phenoxy) is 1. The molecule has 17 heavy (non-hydrogen) atoms. The van der Waals surface area contributed by atoms with Crippen LogP contribution in [0.15, 0.2) is 17.0 Å². The third kappa shape index (κ3) is 3.36. The number of carbonyl (C=O) groups is 1. The van der Waals surface area contributed by atoms with Crippen LogP contribution < -0.4 is 5.73 Å². The first-order valence-electron chi connectivity index (χ1n) is 5.33. The number of nitrogens with two attached hydrogens (primary N) is 1. The number of benzene rings is 1.